The number of piperidine rings is 1. The van der Waals surface area contributed by atoms with Crippen LogP contribution in [0.2, 0.25) is 0 Å². The number of carbonyl (C=O) groups excluding carboxylic acids is 1. The Hall–Kier alpha value is -0.610. The summed E-state index contributed by atoms with van der Waals surface area (Å²) in [6.45, 7) is 5.09. The van der Waals surface area contributed by atoms with Gasteiger partial charge in [0.2, 0.25) is 5.91 Å². The molecule has 1 amide bonds. The van der Waals surface area contributed by atoms with Crippen LogP contribution in [0.4, 0.5) is 0 Å². The van der Waals surface area contributed by atoms with Crippen molar-refractivity contribution < 1.29 is 14.3 Å². The lowest BCUT2D eigenvalue weighted by Crippen LogP contribution is -2.49. The zero-order valence-corrected chi connectivity index (χ0v) is 11.9. The summed E-state index contributed by atoms with van der Waals surface area (Å²) in [5, 5.41) is 0. The summed E-state index contributed by atoms with van der Waals surface area (Å²) in [4.78, 5) is 14.6. The van der Waals surface area contributed by atoms with Crippen LogP contribution in [0.15, 0.2) is 0 Å². The maximum Gasteiger partial charge on any atom is 0.225 e. The van der Waals surface area contributed by atoms with Crippen LogP contribution in [0.1, 0.15) is 45.4 Å². The van der Waals surface area contributed by atoms with Crippen molar-refractivity contribution >= 4 is 5.91 Å². The van der Waals surface area contributed by atoms with Gasteiger partial charge in [-0.3, -0.25) is 4.79 Å². The lowest BCUT2D eigenvalue weighted by molar-refractivity contribution is -0.188. The van der Waals surface area contributed by atoms with Crippen LogP contribution in [0.3, 0.4) is 0 Å². The second-order valence-electron chi connectivity index (χ2n) is 6.27. The minimum atomic E-state index is -0.368. The minimum Gasteiger partial charge on any atom is -0.347 e. The second kappa shape index (κ2) is 5.41. The van der Waals surface area contributed by atoms with Gasteiger partial charge in [-0.05, 0) is 18.8 Å². The van der Waals surface area contributed by atoms with Gasteiger partial charge < -0.3 is 14.4 Å². The van der Waals surface area contributed by atoms with E-state index in [4.69, 9.17) is 9.47 Å². The van der Waals surface area contributed by atoms with Crippen LogP contribution in [0, 0.1) is 11.8 Å². The molecule has 4 heteroatoms. The Morgan fingerprint density at radius 3 is 2.32 bits per heavy atom. The molecule has 0 radical (unpaired) electrons. The fraction of sp³-hybridized carbons (Fsp3) is 0.933. The first-order chi connectivity index (χ1) is 9.20. The average Bonchev–Trinajstić information content (AvgIpc) is 3.10. The van der Waals surface area contributed by atoms with Gasteiger partial charge in [0.15, 0.2) is 5.79 Å². The van der Waals surface area contributed by atoms with Gasteiger partial charge in [0.25, 0.3) is 0 Å². The van der Waals surface area contributed by atoms with Gasteiger partial charge in [0.1, 0.15) is 0 Å². The van der Waals surface area contributed by atoms with Crippen LogP contribution < -0.4 is 0 Å². The summed E-state index contributed by atoms with van der Waals surface area (Å²) in [5.41, 5.74) is 0. The van der Waals surface area contributed by atoms with E-state index in [-0.39, 0.29) is 11.7 Å². The third-order valence-electron chi connectivity index (χ3n) is 5.15. The summed E-state index contributed by atoms with van der Waals surface area (Å²) in [6, 6.07) is 0. The van der Waals surface area contributed by atoms with Crippen molar-refractivity contribution in [1.29, 1.82) is 0 Å². The van der Waals surface area contributed by atoms with Gasteiger partial charge in [-0.1, -0.05) is 19.8 Å². The number of ether oxygens (including phenoxy) is 2. The molecule has 0 bridgehead atoms. The van der Waals surface area contributed by atoms with Crippen molar-refractivity contribution in [3.05, 3.63) is 0 Å². The number of likely N-dealkylation sites (tertiary alicyclic amines) is 1. The Balaban J connectivity index is 1.54. The number of hydrogen-bond donors (Lipinski definition) is 0. The van der Waals surface area contributed by atoms with E-state index in [9.17, 15) is 4.79 Å². The van der Waals surface area contributed by atoms with E-state index < -0.39 is 0 Å². The first kappa shape index (κ1) is 13.4. The van der Waals surface area contributed by atoms with Crippen molar-refractivity contribution in [1.82, 2.24) is 4.90 Å². The highest BCUT2D eigenvalue weighted by Gasteiger charge is 2.41. The molecule has 0 aromatic rings. The molecular weight excluding hydrogens is 242 g/mol. The van der Waals surface area contributed by atoms with Crippen LogP contribution >= 0.6 is 0 Å². The molecule has 2 saturated heterocycles. The third-order valence-corrected chi connectivity index (χ3v) is 5.15. The van der Waals surface area contributed by atoms with E-state index >= 15 is 0 Å². The second-order valence-corrected chi connectivity index (χ2v) is 6.27. The first-order valence-electron chi connectivity index (χ1n) is 7.77. The summed E-state index contributed by atoms with van der Waals surface area (Å²) >= 11 is 0. The molecule has 1 unspecified atom stereocenters. The normalized spacial score (nSPS) is 29.0. The van der Waals surface area contributed by atoms with Gasteiger partial charge in [0, 0.05) is 31.8 Å². The van der Waals surface area contributed by atoms with Gasteiger partial charge in [-0.2, -0.15) is 0 Å². The first-order valence-corrected chi connectivity index (χ1v) is 7.77. The largest absolute Gasteiger partial charge is 0.347 e. The molecule has 108 valence electrons. The number of hydrogen-bond acceptors (Lipinski definition) is 3. The van der Waals surface area contributed by atoms with Gasteiger partial charge in [-0.25, -0.2) is 0 Å². The third kappa shape index (κ3) is 2.65. The molecule has 1 saturated carbocycles. The quantitative estimate of drug-likeness (QED) is 0.769. The van der Waals surface area contributed by atoms with Crippen molar-refractivity contribution in [3.63, 3.8) is 0 Å². The standard InChI is InChI=1S/C15H25NO3/c1-12(13-4-2-3-5-13)14(17)16-8-6-15(7-9-16)18-10-11-19-15/h12-13H,2-11H2,1H3. The molecule has 0 N–H and O–H groups in total. The monoisotopic (exact) mass is 267 g/mol. The molecule has 2 heterocycles. The summed E-state index contributed by atoms with van der Waals surface area (Å²) in [7, 11) is 0. The van der Waals surface area contributed by atoms with E-state index in [0.717, 1.165) is 25.9 Å². The SMILES string of the molecule is CC(C(=O)N1CCC2(CC1)OCCO2)C1CCCC1. The van der Waals surface area contributed by atoms with Crippen LogP contribution in [-0.2, 0) is 14.3 Å². The molecule has 3 fully saturated rings. The molecule has 4 nitrogen and oxygen atoms in total. The highest BCUT2D eigenvalue weighted by atomic mass is 16.7. The van der Waals surface area contributed by atoms with Crippen molar-refractivity contribution in [3.8, 4) is 0 Å². The van der Waals surface area contributed by atoms with Crippen molar-refractivity contribution in [2.45, 2.75) is 51.2 Å². The van der Waals surface area contributed by atoms with Crippen molar-refractivity contribution in [2.75, 3.05) is 26.3 Å². The fourth-order valence-corrected chi connectivity index (χ4v) is 3.80. The predicted molar refractivity (Wildman–Crippen MR) is 71.6 cm³/mol. The smallest absolute Gasteiger partial charge is 0.225 e. The van der Waals surface area contributed by atoms with E-state index in [2.05, 4.69) is 6.92 Å². The zero-order chi connectivity index (χ0) is 13.3. The lowest BCUT2D eigenvalue weighted by Gasteiger charge is -2.39. The Morgan fingerprint density at radius 1 is 1.16 bits per heavy atom. The summed E-state index contributed by atoms with van der Waals surface area (Å²) < 4.78 is 11.4. The molecule has 2 aliphatic heterocycles. The molecule has 1 aliphatic carbocycles. The zero-order valence-electron chi connectivity index (χ0n) is 11.9. The molecule has 0 aromatic heterocycles. The minimum absolute atomic E-state index is 0.196. The highest BCUT2D eigenvalue weighted by molar-refractivity contribution is 5.79. The maximum atomic E-state index is 12.5. The van der Waals surface area contributed by atoms with E-state index in [1.165, 1.54) is 25.7 Å². The van der Waals surface area contributed by atoms with Crippen LogP contribution in [0.25, 0.3) is 0 Å². The van der Waals surface area contributed by atoms with Gasteiger partial charge in [0.05, 0.1) is 13.2 Å². The van der Waals surface area contributed by atoms with E-state index in [0.29, 0.717) is 25.0 Å². The average molecular weight is 267 g/mol. The van der Waals surface area contributed by atoms with Crippen molar-refractivity contribution in [2.24, 2.45) is 11.8 Å². The van der Waals surface area contributed by atoms with E-state index in [1.54, 1.807) is 0 Å². The molecule has 3 rings (SSSR count). The van der Waals surface area contributed by atoms with Crippen LogP contribution in [0.5, 0.6) is 0 Å². The van der Waals surface area contributed by atoms with Gasteiger partial charge >= 0.3 is 0 Å². The number of rotatable bonds is 2. The van der Waals surface area contributed by atoms with Gasteiger partial charge in [-0.15, -0.1) is 0 Å². The Kier molecular flexibility index (Phi) is 3.81. The van der Waals surface area contributed by atoms with E-state index in [1.807, 2.05) is 4.90 Å². The topological polar surface area (TPSA) is 38.8 Å². The highest BCUT2D eigenvalue weighted by Crippen LogP contribution is 2.35. The van der Waals surface area contributed by atoms with Crippen LogP contribution in [-0.4, -0.2) is 42.9 Å². The molecule has 1 atom stereocenters. The molecule has 0 aromatic carbocycles. The molecule has 1 spiro atoms. The Labute approximate surface area is 115 Å². The summed E-state index contributed by atoms with van der Waals surface area (Å²) in [5.74, 6) is 0.789. The predicted octanol–water partition coefficient (Wildman–Crippen LogP) is 2.18. The molecule has 19 heavy (non-hydrogen) atoms. The lowest BCUT2D eigenvalue weighted by atomic mass is 9.90. The Morgan fingerprint density at radius 2 is 1.74 bits per heavy atom. The fourth-order valence-electron chi connectivity index (χ4n) is 3.80. The number of carbonyl (C=O) groups is 1. The Bertz CT molecular complexity index is 322. The maximum absolute atomic E-state index is 12.5. The summed E-state index contributed by atoms with van der Waals surface area (Å²) in [6.07, 6.45) is 6.72. The number of nitrogens with zero attached hydrogens (tertiary/aromatic N) is 1. The molecular formula is C15H25NO3. The number of amides is 1. The molecule has 3 aliphatic rings.